The van der Waals surface area contributed by atoms with E-state index in [4.69, 9.17) is 10.00 Å². The van der Waals surface area contributed by atoms with Gasteiger partial charge in [0.25, 0.3) is 0 Å². The second-order valence-corrected chi connectivity index (χ2v) is 10.0. The lowest BCUT2D eigenvalue weighted by Gasteiger charge is -2.28. The van der Waals surface area contributed by atoms with Gasteiger partial charge >= 0.3 is 6.09 Å². The van der Waals surface area contributed by atoms with Crippen LogP contribution in [0, 0.1) is 23.2 Å². The lowest BCUT2D eigenvalue weighted by atomic mass is 10.2. The van der Waals surface area contributed by atoms with E-state index in [9.17, 15) is 9.59 Å². The molecule has 2 amide bonds. The number of hydrogen-bond acceptors (Lipinski definition) is 8. The van der Waals surface area contributed by atoms with E-state index in [2.05, 4.69) is 43.8 Å². The average Bonchev–Trinajstić information content (AvgIpc) is 2.85. The zero-order chi connectivity index (χ0) is 28.3. The number of unbranched alkanes of at least 4 members (excludes halogenated alkanes) is 1. The predicted molar refractivity (Wildman–Crippen MR) is 148 cm³/mol. The maximum Gasteiger partial charge on any atom is 0.410 e. The average molecular weight is 520 g/mol. The lowest BCUT2D eigenvalue weighted by Crippen LogP contribution is -2.47. The molecule has 0 aliphatic carbocycles. The lowest BCUT2D eigenvalue weighted by molar-refractivity contribution is -0.125. The molecular formula is C28H37N7O3. The van der Waals surface area contributed by atoms with E-state index in [1.54, 1.807) is 65.2 Å². The van der Waals surface area contributed by atoms with Crippen molar-refractivity contribution in [2.45, 2.75) is 72.1 Å². The van der Waals surface area contributed by atoms with Gasteiger partial charge < -0.3 is 20.7 Å². The third-order valence-electron chi connectivity index (χ3n) is 5.13. The van der Waals surface area contributed by atoms with E-state index in [1.807, 2.05) is 13.8 Å². The molecule has 0 radical (unpaired) electrons. The number of carbonyl (C=O) groups excluding carboxylic acids is 2. The molecule has 1 atom stereocenters. The first-order valence-electron chi connectivity index (χ1n) is 12.5. The zero-order valence-corrected chi connectivity index (χ0v) is 23.2. The summed E-state index contributed by atoms with van der Waals surface area (Å²) in [6, 6.07) is 8.60. The number of anilines is 3. The standard InChI is InChI=1S/C28H37N7O3/c1-19(2)32-24-22(18-31-26(34-24)33-23-14-12-21(17-29)13-15-23)11-9-8-10-16-30-25(36)20(3)35(7)27(37)38-28(4,5)6/h12-15,18-20H,8,10,16H2,1-7H3,(H,30,36)(H2,31,32,33,34)/t20-/m0/s1. The molecule has 1 heterocycles. The van der Waals surface area contributed by atoms with Crippen LogP contribution < -0.4 is 16.0 Å². The summed E-state index contributed by atoms with van der Waals surface area (Å²) in [7, 11) is 1.54. The highest BCUT2D eigenvalue weighted by atomic mass is 16.6. The summed E-state index contributed by atoms with van der Waals surface area (Å²) in [6.07, 6.45) is 2.32. The first-order valence-corrected chi connectivity index (χ1v) is 12.5. The van der Waals surface area contributed by atoms with Gasteiger partial charge in [-0.2, -0.15) is 10.2 Å². The number of likely N-dealkylation sites (N-methyl/N-ethyl adjacent to an activating group) is 1. The zero-order valence-electron chi connectivity index (χ0n) is 23.2. The number of carbonyl (C=O) groups is 2. The number of rotatable bonds is 9. The van der Waals surface area contributed by atoms with Crippen LogP contribution in [0.4, 0.5) is 22.2 Å². The first kappa shape index (κ1) is 29.9. The van der Waals surface area contributed by atoms with E-state index >= 15 is 0 Å². The molecule has 1 aromatic heterocycles. The molecule has 38 heavy (non-hydrogen) atoms. The number of benzene rings is 1. The van der Waals surface area contributed by atoms with Crippen molar-refractivity contribution in [3.63, 3.8) is 0 Å². The van der Waals surface area contributed by atoms with Crippen molar-refractivity contribution in [1.82, 2.24) is 20.2 Å². The Kier molecular flexibility index (Phi) is 10.9. The number of nitrogens with one attached hydrogen (secondary N) is 3. The van der Waals surface area contributed by atoms with E-state index in [0.717, 1.165) is 5.69 Å². The Bertz CT molecular complexity index is 1200. The van der Waals surface area contributed by atoms with E-state index < -0.39 is 17.7 Å². The Balaban J connectivity index is 1.91. The molecule has 2 rings (SSSR count). The van der Waals surface area contributed by atoms with Crippen LogP contribution in [-0.2, 0) is 9.53 Å². The predicted octanol–water partition coefficient (Wildman–Crippen LogP) is 4.42. The SMILES string of the molecule is CC(C)Nc1nc(Nc2ccc(C#N)cc2)ncc1C#CCCCNC(=O)[C@H](C)N(C)C(=O)OC(C)(C)C. The van der Waals surface area contributed by atoms with Crippen LogP contribution in [0.5, 0.6) is 0 Å². The third kappa shape index (κ3) is 9.98. The van der Waals surface area contributed by atoms with E-state index in [1.165, 1.54) is 4.90 Å². The largest absolute Gasteiger partial charge is 0.444 e. The van der Waals surface area contributed by atoms with Crippen molar-refractivity contribution in [3.05, 3.63) is 41.6 Å². The maximum atomic E-state index is 12.4. The quantitative estimate of drug-likeness (QED) is 0.328. The van der Waals surface area contributed by atoms with Crippen LogP contribution in [0.3, 0.4) is 0 Å². The number of amides is 2. The highest BCUT2D eigenvalue weighted by Gasteiger charge is 2.26. The molecule has 0 spiro atoms. The van der Waals surface area contributed by atoms with Crippen molar-refractivity contribution in [1.29, 1.82) is 5.26 Å². The fourth-order valence-electron chi connectivity index (χ4n) is 3.04. The number of ether oxygens (including phenoxy) is 1. The first-order chi connectivity index (χ1) is 17.9. The minimum atomic E-state index is -0.658. The molecule has 10 nitrogen and oxygen atoms in total. The Hall–Kier alpha value is -4.31. The van der Waals surface area contributed by atoms with Gasteiger partial charge in [-0.15, -0.1) is 0 Å². The Morgan fingerprint density at radius 2 is 1.84 bits per heavy atom. The topological polar surface area (TPSA) is 132 Å². The monoisotopic (exact) mass is 519 g/mol. The molecule has 0 unspecified atom stereocenters. The minimum absolute atomic E-state index is 0.143. The van der Waals surface area contributed by atoms with Crippen molar-refractivity contribution < 1.29 is 14.3 Å². The Morgan fingerprint density at radius 1 is 1.16 bits per heavy atom. The van der Waals surface area contributed by atoms with Crippen molar-refractivity contribution in [2.24, 2.45) is 0 Å². The summed E-state index contributed by atoms with van der Waals surface area (Å²) in [5, 5.41) is 18.2. The molecule has 0 saturated carbocycles. The number of aromatic nitrogens is 2. The minimum Gasteiger partial charge on any atom is -0.444 e. The summed E-state index contributed by atoms with van der Waals surface area (Å²) in [4.78, 5) is 34.8. The molecule has 2 aromatic rings. The summed E-state index contributed by atoms with van der Waals surface area (Å²) in [5.41, 5.74) is 1.39. The van der Waals surface area contributed by atoms with Crippen LogP contribution in [0.2, 0.25) is 0 Å². The smallest absolute Gasteiger partial charge is 0.410 e. The van der Waals surface area contributed by atoms with Crippen LogP contribution in [-0.4, -0.2) is 58.1 Å². The Morgan fingerprint density at radius 3 is 2.45 bits per heavy atom. The molecule has 1 aromatic carbocycles. The van der Waals surface area contributed by atoms with Crippen LogP contribution in [0.25, 0.3) is 0 Å². The van der Waals surface area contributed by atoms with Crippen molar-refractivity contribution in [2.75, 3.05) is 24.2 Å². The number of nitriles is 1. The van der Waals surface area contributed by atoms with Gasteiger partial charge in [0.2, 0.25) is 11.9 Å². The molecule has 0 saturated heterocycles. The summed E-state index contributed by atoms with van der Waals surface area (Å²) >= 11 is 0. The van der Waals surface area contributed by atoms with Gasteiger partial charge in [-0.05, 0) is 72.2 Å². The fourth-order valence-corrected chi connectivity index (χ4v) is 3.04. The summed E-state index contributed by atoms with van der Waals surface area (Å²) in [5.74, 6) is 6.99. The second-order valence-electron chi connectivity index (χ2n) is 10.0. The van der Waals surface area contributed by atoms with Gasteiger partial charge in [0.15, 0.2) is 0 Å². The molecule has 0 aliphatic rings. The fraction of sp³-hybridized carbons (Fsp3) is 0.464. The van der Waals surface area contributed by atoms with Crippen molar-refractivity contribution in [3.8, 4) is 17.9 Å². The molecule has 0 bridgehead atoms. The second kappa shape index (κ2) is 13.8. The third-order valence-corrected chi connectivity index (χ3v) is 5.13. The van der Waals surface area contributed by atoms with Crippen LogP contribution in [0.15, 0.2) is 30.5 Å². The van der Waals surface area contributed by atoms with Crippen molar-refractivity contribution >= 4 is 29.5 Å². The van der Waals surface area contributed by atoms with E-state index in [-0.39, 0.29) is 11.9 Å². The van der Waals surface area contributed by atoms with Gasteiger partial charge in [-0.1, -0.05) is 11.8 Å². The van der Waals surface area contributed by atoms with Gasteiger partial charge in [0.1, 0.15) is 17.5 Å². The van der Waals surface area contributed by atoms with E-state index in [0.29, 0.717) is 42.3 Å². The number of nitrogens with zero attached hydrogens (tertiary/aromatic N) is 4. The molecule has 3 N–H and O–H groups in total. The molecule has 0 aliphatic heterocycles. The van der Waals surface area contributed by atoms with Crippen LogP contribution in [0.1, 0.15) is 65.5 Å². The molecule has 0 fully saturated rings. The molecular weight excluding hydrogens is 482 g/mol. The summed E-state index contributed by atoms with van der Waals surface area (Å²) in [6.45, 7) is 11.4. The number of hydrogen-bond donors (Lipinski definition) is 3. The normalized spacial score (nSPS) is 11.4. The highest BCUT2D eigenvalue weighted by Crippen LogP contribution is 2.18. The van der Waals surface area contributed by atoms with Gasteiger partial charge in [0, 0.05) is 31.7 Å². The van der Waals surface area contributed by atoms with Crippen LogP contribution >= 0.6 is 0 Å². The maximum absolute atomic E-state index is 12.4. The molecule has 202 valence electrons. The Labute approximate surface area is 225 Å². The summed E-state index contributed by atoms with van der Waals surface area (Å²) < 4.78 is 5.31. The van der Waals surface area contributed by atoms with Gasteiger partial charge in [-0.3, -0.25) is 9.69 Å². The van der Waals surface area contributed by atoms with Gasteiger partial charge in [-0.25, -0.2) is 9.78 Å². The highest BCUT2D eigenvalue weighted by molar-refractivity contribution is 5.85. The molecule has 10 heteroatoms. The van der Waals surface area contributed by atoms with Gasteiger partial charge in [0.05, 0.1) is 23.4 Å².